The summed E-state index contributed by atoms with van der Waals surface area (Å²) in [5.41, 5.74) is 2.33. The number of carbonyl (C=O) groups is 1. The van der Waals surface area contributed by atoms with Crippen LogP contribution in [0.3, 0.4) is 0 Å². The van der Waals surface area contributed by atoms with Crippen LogP contribution >= 0.6 is 11.8 Å². The SMILES string of the molecule is O=C(c1ccc(NC2=N[C@@H]3CS(=O)(=O)C[C@H]3S2)cc1)N(CCO)Cc1ccccc1. The first-order valence-corrected chi connectivity index (χ1v) is 12.4. The van der Waals surface area contributed by atoms with Gasteiger partial charge in [-0.15, -0.1) is 0 Å². The van der Waals surface area contributed by atoms with E-state index in [0.717, 1.165) is 11.3 Å². The summed E-state index contributed by atoms with van der Waals surface area (Å²) >= 11 is 1.46. The van der Waals surface area contributed by atoms with Crippen LogP contribution in [0.25, 0.3) is 0 Å². The number of benzene rings is 2. The normalized spacial score (nSPS) is 21.7. The molecule has 7 nitrogen and oxygen atoms in total. The highest BCUT2D eigenvalue weighted by Crippen LogP contribution is 2.34. The highest BCUT2D eigenvalue weighted by atomic mass is 32.2. The Morgan fingerprint density at radius 2 is 1.87 bits per heavy atom. The molecule has 158 valence electrons. The third-order valence-corrected chi connectivity index (χ3v) is 8.22. The quantitative estimate of drug-likeness (QED) is 0.706. The van der Waals surface area contributed by atoms with Crippen molar-refractivity contribution in [2.45, 2.75) is 17.8 Å². The van der Waals surface area contributed by atoms with Crippen molar-refractivity contribution < 1.29 is 18.3 Å². The lowest BCUT2D eigenvalue weighted by Gasteiger charge is -2.22. The Morgan fingerprint density at radius 1 is 1.13 bits per heavy atom. The number of amidine groups is 1. The fourth-order valence-corrected chi connectivity index (χ4v) is 7.27. The molecule has 2 aromatic rings. The number of hydrogen-bond acceptors (Lipinski definition) is 7. The number of sulfone groups is 1. The van der Waals surface area contributed by atoms with E-state index in [-0.39, 0.29) is 41.9 Å². The highest BCUT2D eigenvalue weighted by Gasteiger charge is 2.42. The molecular weight excluding hydrogens is 422 g/mol. The van der Waals surface area contributed by atoms with Crippen LogP contribution in [0.15, 0.2) is 59.6 Å². The van der Waals surface area contributed by atoms with Gasteiger partial charge in [0.1, 0.15) is 0 Å². The predicted octanol–water partition coefficient (Wildman–Crippen LogP) is 2.00. The Hall–Kier alpha value is -2.36. The average Bonchev–Trinajstić information content (AvgIpc) is 3.21. The second-order valence-electron chi connectivity index (χ2n) is 7.37. The first-order valence-electron chi connectivity index (χ1n) is 9.69. The van der Waals surface area contributed by atoms with Crippen LogP contribution in [0.1, 0.15) is 15.9 Å². The van der Waals surface area contributed by atoms with E-state index in [4.69, 9.17) is 0 Å². The van der Waals surface area contributed by atoms with E-state index in [0.29, 0.717) is 17.3 Å². The summed E-state index contributed by atoms with van der Waals surface area (Å²) in [6.45, 7) is 0.583. The molecule has 9 heteroatoms. The minimum Gasteiger partial charge on any atom is -0.395 e. The fourth-order valence-electron chi connectivity index (χ4n) is 3.60. The van der Waals surface area contributed by atoms with E-state index in [9.17, 15) is 18.3 Å². The van der Waals surface area contributed by atoms with E-state index in [1.807, 2.05) is 30.3 Å². The molecule has 2 atom stereocenters. The molecule has 2 aliphatic heterocycles. The molecule has 0 unspecified atom stereocenters. The maximum atomic E-state index is 12.9. The molecule has 2 heterocycles. The number of carbonyl (C=O) groups excluding carboxylic acids is 1. The number of fused-ring (bicyclic) bond motifs is 1. The van der Waals surface area contributed by atoms with E-state index < -0.39 is 9.84 Å². The van der Waals surface area contributed by atoms with Crippen molar-refractivity contribution in [2.24, 2.45) is 4.99 Å². The molecule has 0 spiro atoms. The predicted molar refractivity (Wildman–Crippen MR) is 120 cm³/mol. The lowest BCUT2D eigenvalue weighted by molar-refractivity contribution is 0.0708. The maximum Gasteiger partial charge on any atom is 0.254 e. The van der Waals surface area contributed by atoms with Gasteiger partial charge in [0, 0.05) is 29.6 Å². The van der Waals surface area contributed by atoms with Crippen molar-refractivity contribution in [3.05, 3.63) is 65.7 Å². The molecule has 1 fully saturated rings. The molecular formula is C21H23N3O4S2. The van der Waals surface area contributed by atoms with Crippen molar-refractivity contribution in [3.8, 4) is 0 Å². The van der Waals surface area contributed by atoms with E-state index in [1.165, 1.54) is 11.8 Å². The van der Waals surface area contributed by atoms with Crippen LogP contribution in [0.2, 0.25) is 0 Å². The van der Waals surface area contributed by atoms with Gasteiger partial charge in [-0.1, -0.05) is 42.1 Å². The number of aliphatic hydroxyl groups is 1. The fraction of sp³-hybridized carbons (Fsp3) is 0.333. The third-order valence-electron chi connectivity index (χ3n) is 5.07. The van der Waals surface area contributed by atoms with Crippen molar-refractivity contribution >= 4 is 38.4 Å². The second kappa shape index (κ2) is 8.79. The first-order chi connectivity index (χ1) is 14.4. The van der Waals surface area contributed by atoms with Crippen molar-refractivity contribution in [1.29, 1.82) is 0 Å². The van der Waals surface area contributed by atoms with Crippen LogP contribution in [-0.4, -0.2) is 65.4 Å². The molecule has 2 aliphatic rings. The van der Waals surface area contributed by atoms with Crippen LogP contribution in [0, 0.1) is 0 Å². The van der Waals surface area contributed by atoms with Gasteiger partial charge < -0.3 is 15.3 Å². The summed E-state index contributed by atoms with van der Waals surface area (Å²) in [5.74, 6) is 0.143. The summed E-state index contributed by atoms with van der Waals surface area (Å²) < 4.78 is 23.3. The Morgan fingerprint density at radius 3 is 2.53 bits per heavy atom. The van der Waals surface area contributed by atoms with Gasteiger partial charge in [0.15, 0.2) is 15.0 Å². The lowest BCUT2D eigenvalue weighted by atomic mass is 10.1. The van der Waals surface area contributed by atoms with E-state index in [2.05, 4.69) is 10.3 Å². The Balaban J connectivity index is 1.40. The molecule has 1 amide bonds. The van der Waals surface area contributed by atoms with Crippen LogP contribution in [-0.2, 0) is 16.4 Å². The highest BCUT2D eigenvalue weighted by molar-refractivity contribution is 8.15. The second-order valence-corrected chi connectivity index (χ2v) is 10.8. The number of rotatable bonds is 6. The Labute approximate surface area is 180 Å². The smallest absolute Gasteiger partial charge is 0.254 e. The molecule has 0 bridgehead atoms. The van der Waals surface area contributed by atoms with Crippen LogP contribution in [0.4, 0.5) is 5.69 Å². The van der Waals surface area contributed by atoms with Gasteiger partial charge in [0.2, 0.25) is 0 Å². The zero-order chi connectivity index (χ0) is 21.1. The van der Waals surface area contributed by atoms with Gasteiger partial charge >= 0.3 is 0 Å². The summed E-state index contributed by atoms with van der Waals surface area (Å²) in [7, 11) is -2.97. The summed E-state index contributed by atoms with van der Waals surface area (Å²) in [6, 6.07) is 16.6. The molecule has 2 N–H and O–H groups in total. The first kappa shape index (κ1) is 20.9. The third kappa shape index (κ3) is 4.85. The van der Waals surface area contributed by atoms with Crippen LogP contribution in [0.5, 0.6) is 0 Å². The number of thioether (sulfide) groups is 1. The largest absolute Gasteiger partial charge is 0.395 e. The number of anilines is 1. The molecule has 0 aromatic heterocycles. The molecule has 4 rings (SSSR count). The molecule has 30 heavy (non-hydrogen) atoms. The van der Waals surface area contributed by atoms with Gasteiger partial charge in [-0.2, -0.15) is 0 Å². The minimum absolute atomic E-state index is 0.0108. The van der Waals surface area contributed by atoms with Gasteiger partial charge in [-0.25, -0.2) is 8.42 Å². The van der Waals surface area contributed by atoms with Gasteiger partial charge in [0.25, 0.3) is 5.91 Å². The van der Waals surface area contributed by atoms with Gasteiger partial charge in [-0.05, 0) is 29.8 Å². The summed E-state index contributed by atoms with van der Waals surface area (Å²) in [4.78, 5) is 19.0. The average molecular weight is 446 g/mol. The Bertz CT molecular complexity index is 1040. The number of aliphatic imine (C=N–C) groups is 1. The molecule has 0 saturated carbocycles. The number of hydrogen-bond donors (Lipinski definition) is 2. The molecule has 1 saturated heterocycles. The lowest BCUT2D eigenvalue weighted by Crippen LogP contribution is -2.33. The van der Waals surface area contributed by atoms with Gasteiger partial charge in [-0.3, -0.25) is 9.79 Å². The van der Waals surface area contributed by atoms with Crippen LogP contribution < -0.4 is 5.32 Å². The standard InChI is InChI=1S/C21H23N3O4S2/c25-11-10-24(12-15-4-2-1-3-5-15)20(26)16-6-8-17(9-7-16)22-21-23-18-13-30(27,28)14-19(18)29-21/h1-9,18-19,25H,10-14H2,(H,22,23)/t18-,19-/m1/s1. The number of nitrogens with zero attached hydrogens (tertiary/aromatic N) is 2. The van der Waals surface area contributed by atoms with Crippen molar-refractivity contribution in [2.75, 3.05) is 30.0 Å². The topological polar surface area (TPSA) is 99.1 Å². The minimum atomic E-state index is -2.97. The van der Waals surface area contributed by atoms with Crippen molar-refractivity contribution in [3.63, 3.8) is 0 Å². The van der Waals surface area contributed by atoms with Gasteiger partial charge in [0.05, 0.1) is 24.2 Å². The number of aliphatic hydroxyl groups excluding tert-OH is 1. The number of nitrogens with one attached hydrogen (secondary N) is 1. The van der Waals surface area contributed by atoms with E-state index >= 15 is 0 Å². The van der Waals surface area contributed by atoms with Crippen molar-refractivity contribution in [1.82, 2.24) is 4.90 Å². The Kier molecular flexibility index (Phi) is 6.12. The molecule has 0 radical (unpaired) electrons. The number of amides is 1. The van der Waals surface area contributed by atoms with E-state index in [1.54, 1.807) is 29.2 Å². The molecule has 0 aliphatic carbocycles. The zero-order valence-electron chi connectivity index (χ0n) is 16.3. The monoisotopic (exact) mass is 445 g/mol. The summed E-state index contributed by atoms with van der Waals surface area (Å²) in [6.07, 6.45) is 0. The summed E-state index contributed by atoms with van der Waals surface area (Å²) in [5, 5.41) is 13.3. The zero-order valence-corrected chi connectivity index (χ0v) is 17.9. The maximum absolute atomic E-state index is 12.9. The molecule has 2 aromatic carbocycles.